The molecule has 0 radical (unpaired) electrons. The van der Waals surface area contributed by atoms with Crippen molar-refractivity contribution in [3.8, 4) is 0 Å². The molecule has 1 unspecified atom stereocenters. The Bertz CT molecular complexity index is 792. The number of guanidine groups is 1. The highest BCUT2D eigenvalue weighted by molar-refractivity contribution is 5.80. The van der Waals surface area contributed by atoms with Gasteiger partial charge in [-0.25, -0.2) is 4.39 Å². The highest BCUT2D eigenvalue weighted by Gasteiger charge is 2.21. The molecular formula is C21H32FN7. The Morgan fingerprint density at radius 2 is 1.90 bits per heavy atom. The van der Waals surface area contributed by atoms with Crippen molar-refractivity contribution < 1.29 is 4.39 Å². The number of aliphatic imine (C=N–C) groups is 1. The van der Waals surface area contributed by atoms with Gasteiger partial charge in [-0.3, -0.25) is 9.67 Å². The van der Waals surface area contributed by atoms with Gasteiger partial charge in [0.25, 0.3) is 0 Å². The zero-order valence-electron chi connectivity index (χ0n) is 17.8. The van der Waals surface area contributed by atoms with Gasteiger partial charge in [0.1, 0.15) is 5.82 Å². The lowest BCUT2D eigenvalue weighted by molar-refractivity contribution is 0.303. The van der Waals surface area contributed by atoms with Crippen LogP contribution in [0.1, 0.15) is 18.5 Å². The van der Waals surface area contributed by atoms with Gasteiger partial charge in [0.2, 0.25) is 0 Å². The van der Waals surface area contributed by atoms with Crippen LogP contribution in [0, 0.1) is 5.82 Å². The van der Waals surface area contributed by atoms with Gasteiger partial charge >= 0.3 is 0 Å². The van der Waals surface area contributed by atoms with Crippen molar-refractivity contribution in [3.05, 3.63) is 48.0 Å². The molecule has 0 spiro atoms. The van der Waals surface area contributed by atoms with E-state index in [1.807, 2.05) is 30.1 Å². The van der Waals surface area contributed by atoms with Crippen LogP contribution in [0.2, 0.25) is 0 Å². The van der Waals surface area contributed by atoms with Crippen LogP contribution < -0.4 is 10.2 Å². The molecule has 0 amide bonds. The first-order chi connectivity index (χ1) is 14.0. The summed E-state index contributed by atoms with van der Waals surface area (Å²) in [7, 11) is 6.08. The van der Waals surface area contributed by atoms with Crippen molar-refractivity contribution in [2.45, 2.75) is 13.0 Å². The van der Waals surface area contributed by atoms with E-state index >= 15 is 0 Å². The van der Waals surface area contributed by atoms with Gasteiger partial charge in [-0.05, 0) is 45.3 Å². The average molecular weight is 402 g/mol. The molecule has 1 N–H and O–H groups in total. The molecular weight excluding hydrogens is 369 g/mol. The Balaban J connectivity index is 1.65. The van der Waals surface area contributed by atoms with Crippen LogP contribution in [-0.4, -0.2) is 78.9 Å². The zero-order chi connectivity index (χ0) is 20.8. The third kappa shape index (κ3) is 5.47. The Hall–Kier alpha value is -2.61. The number of rotatable bonds is 6. The third-order valence-electron chi connectivity index (χ3n) is 5.25. The number of aromatic nitrogens is 2. The summed E-state index contributed by atoms with van der Waals surface area (Å²) in [6, 6.07) is 6.91. The van der Waals surface area contributed by atoms with Crippen LogP contribution in [0.5, 0.6) is 0 Å². The maximum absolute atomic E-state index is 13.2. The molecule has 0 saturated carbocycles. The Morgan fingerprint density at radius 3 is 2.45 bits per heavy atom. The van der Waals surface area contributed by atoms with Crippen LogP contribution >= 0.6 is 0 Å². The average Bonchev–Trinajstić information content (AvgIpc) is 3.14. The maximum Gasteiger partial charge on any atom is 0.194 e. The number of piperazine rings is 1. The van der Waals surface area contributed by atoms with Crippen LogP contribution in [-0.2, 0) is 7.05 Å². The zero-order valence-corrected chi connectivity index (χ0v) is 17.8. The summed E-state index contributed by atoms with van der Waals surface area (Å²) in [6.07, 6.45) is 3.96. The fraction of sp³-hybridized carbons (Fsp3) is 0.524. The molecule has 158 valence electrons. The summed E-state index contributed by atoms with van der Waals surface area (Å²) in [5, 5.41) is 7.74. The van der Waals surface area contributed by atoms with E-state index in [1.165, 1.54) is 17.7 Å². The minimum Gasteiger partial charge on any atom is -0.368 e. The summed E-state index contributed by atoms with van der Waals surface area (Å²) >= 11 is 0. The van der Waals surface area contributed by atoms with Gasteiger partial charge in [-0.2, -0.15) is 5.10 Å². The second kappa shape index (κ2) is 9.73. The minimum absolute atomic E-state index is 0.179. The second-order valence-corrected chi connectivity index (χ2v) is 7.57. The molecule has 1 aliphatic heterocycles. The molecule has 1 aromatic carbocycles. The van der Waals surface area contributed by atoms with Gasteiger partial charge in [0.15, 0.2) is 5.96 Å². The lowest BCUT2D eigenvalue weighted by Gasteiger charge is -2.38. The van der Waals surface area contributed by atoms with Gasteiger partial charge in [-0.15, -0.1) is 0 Å². The summed E-state index contributed by atoms with van der Waals surface area (Å²) in [6.45, 7) is 7.11. The normalized spacial score (nSPS) is 16.4. The van der Waals surface area contributed by atoms with Crippen LogP contribution in [0.3, 0.4) is 0 Å². The third-order valence-corrected chi connectivity index (χ3v) is 5.25. The van der Waals surface area contributed by atoms with E-state index in [1.54, 1.807) is 0 Å². The first kappa shape index (κ1) is 21.1. The molecule has 8 heteroatoms. The van der Waals surface area contributed by atoms with E-state index in [0.717, 1.165) is 44.4 Å². The predicted octanol–water partition coefficient (Wildman–Crippen LogP) is 1.95. The number of nitrogens with zero attached hydrogens (tertiary/aromatic N) is 6. The number of nitrogens with one attached hydrogen (secondary N) is 1. The van der Waals surface area contributed by atoms with E-state index in [2.05, 4.69) is 52.3 Å². The van der Waals surface area contributed by atoms with E-state index in [-0.39, 0.29) is 11.9 Å². The molecule has 0 aliphatic carbocycles. The summed E-state index contributed by atoms with van der Waals surface area (Å²) in [5.41, 5.74) is 2.23. The second-order valence-electron chi connectivity index (χ2n) is 7.57. The molecule has 1 saturated heterocycles. The number of benzene rings is 1. The number of hydrogen-bond acceptors (Lipinski definition) is 4. The quantitative estimate of drug-likeness (QED) is 0.592. The molecule has 1 atom stereocenters. The fourth-order valence-corrected chi connectivity index (χ4v) is 3.61. The lowest BCUT2D eigenvalue weighted by atomic mass is 10.1. The summed E-state index contributed by atoms with van der Waals surface area (Å²) < 4.78 is 15.0. The molecule has 1 fully saturated rings. The largest absolute Gasteiger partial charge is 0.368 e. The van der Waals surface area contributed by atoms with Crippen molar-refractivity contribution in [2.24, 2.45) is 12.0 Å². The monoisotopic (exact) mass is 401 g/mol. The number of anilines is 1. The van der Waals surface area contributed by atoms with Gasteiger partial charge in [0, 0.05) is 57.2 Å². The van der Waals surface area contributed by atoms with Crippen molar-refractivity contribution in [3.63, 3.8) is 0 Å². The Morgan fingerprint density at radius 1 is 1.21 bits per heavy atom. The van der Waals surface area contributed by atoms with E-state index in [9.17, 15) is 4.39 Å². The van der Waals surface area contributed by atoms with E-state index in [4.69, 9.17) is 4.99 Å². The van der Waals surface area contributed by atoms with Gasteiger partial charge in [0.05, 0.1) is 18.8 Å². The number of halogens is 1. The Labute approximate surface area is 172 Å². The molecule has 2 aromatic rings. The highest BCUT2D eigenvalue weighted by atomic mass is 19.1. The van der Waals surface area contributed by atoms with Gasteiger partial charge in [-0.1, -0.05) is 0 Å². The first-order valence-corrected chi connectivity index (χ1v) is 10.2. The van der Waals surface area contributed by atoms with E-state index in [0.29, 0.717) is 6.54 Å². The standard InChI is InChI=1S/C21H32FN7/c1-5-23-21(24-15-20(26(2)3)17-14-25-27(4)16-17)29-12-10-28(11-13-29)19-8-6-18(22)7-9-19/h6-9,14,16,20H,5,10-13,15H2,1-4H3,(H,23,24). The van der Waals surface area contributed by atoms with Crippen molar-refractivity contribution in [1.82, 2.24) is 24.9 Å². The molecule has 7 nitrogen and oxygen atoms in total. The number of likely N-dealkylation sites (N-methyl/N-ethyl adjacent to an activating group) is 1. The molecule has 2 heterocycles. The lowest BCUT2D eigenvalue weighted by Crippen LogP contribution is -2.52. The first-order valence-electron chi connectivity index (χ1n) is 10.2. The van der Waals surface area contributed by atoms with E-state index < -0.39 is 0 Å². The predicted molar refractivity (Wildman–Crippen MR) is 116 cm³/mol. The molecule has 29 heavy (non-hydrogen) atoms. The molecule has 0 bridgehead atoms. The highest BCUT2D eigenvalue weighted by Crippen LogP contribution is 2.19. The maximum atomic E-state index is 13.2. The summed E-state index contributed by atoms with van der Waals surface area (Å²) in [5.74, 6) is 0.750. The summed E-state index contributed by atoms with van der Waals surface area (Å²) in [4.78, 5) is 11.7. The SMILES string of the molecule is CCNC(=NCC(c1cnn(C)c1)N(C)C)N1CCN(c2ccc(F)cc2)CC1. The topological polar surface area (TPSA) is 51.9 Å². The fourth-order valence-electron chi connectivity index (χ4n) is 3.61. The van der Waals surface area contributed by atoms with Crippen LogP contribution in [0.15, 0.2) is 41.7 Å². The van der Waals surface area contributed by atoms with Crippen LogP contribution in [0.25, 0.3) is 0 Å². The van der Waals surface area contributed by atoms with Crippen molar-refractivity contribution >= 4 is 11.6 Å². The molecule has 3 rings (SSSR count). The minimum atomic E-state index is -0.196. The van der Waals surface area contributed by atoms with Crippen molar-refractivity contribution in [2.75, 3.05) is 58.3 Å². The van der Waals surface area contributed by atoms with Gasteiger partial charge < -0.3 is 20.0 Å². The molecule has 1 aromatic heterocycles. The van der Waals surface area contributed by atoms with Crippen LogP contribution in [0.4, 0.5) is 10.1 Å². The molecule has 1 aliphatic rings. The number of aryl methyl sites for hydroxylation is 1. The smallest absolute Gasteiger partial charge is 0.194 e. The Kier molecular flexibility index (Phi) is 7.09. The van der Waals surface area contributed by atoms with Crippen molar-refractivity contribution in [1.29, 1.82) is 0 Å². The number of hydrogen-bond donors (Lipinski definition) is 1.